The summed E-state index contributed by atoms with van der Waals surface area (Å²) in [5.74, 6) is 0.837. The Morgan fingerprint density at radius 2 is 1.81 bits per heavy atom. The van der Waals surface area contributed by atoms with Crippen molar-refractivity contribution in [3.8, 4) is 22.8 Å². The molecule has 0 aliphatic rings. The summed E-state index contributed by atoms with van der Waals surface area (Å²) in [6, 6.07) is 5.51. The van der Waals surface area contributed by atoms with Crippen LogP contribution in [0, 0.1) is 12.9 Å². The van der Waals surface area contributed by atoms with Crippen molar-refractivity contribution in [3.63, 3.8) is 0 Å². The lowest BCUT2D eigenvalue weighted by molar-refractivity contribution is 0.356. The Morgan fingerprint density at radius 1 is 1.10 bits per heavy atom. The molecular weight excluding hydrogens is 291 g/mol. The zero-order valence-corrected chi connectivity index (χ0v) is 12.6. The minimum atomic E-state index is -0.461. The van der Waals surface area contributed by atoms with Gasteiger partial charge in [0, 0.05) is 28.8 Å². The second kappa shape index (κ2) is 5.29. The van der Waals surface area contributed by atoms with Crippen molar-refractivity contribution in [1.29, 1.82) is 0 Å². The van der Waals surface area contributed by atoms with Crippen molar-refractivity contribution in [2.24, 2.45) is 0 Å². The molecule has 0 aliphatic carbocycles. The Hall–Kier alpha value is -2.21. The topological polar surface area (TPSA) is 44.2 Å². The van der Waals surface area contributed by atoms with Crippen LogP contribution in [0.2, 0.25) is 0 Å². The molecule has 0 radical (unpaired) electrons. The van der Waals surface area contributed by atoms with Crippen molar-refractivity contribution in [3.05, 3.63) is 35.9 Å². The second-order valence-corrected chi connectivity index (χ2v) is 5.37. The summed E-state index contributed by atoms with van der Waals surface area (Å²) in [6.45, 7) is 1.68. The molecule has 4 nitrogen and oxygen atoms in total. The van der Waals surface area contributed by atoms with Crippen molar-refractivity contribution < 1.29 is 13.9 Å². The van der Waals surface area contributed by atoms with E-state index < -0.39 is 5.95 Å². The van der Waals surface area contributed by atoms with Gasteiger partial charge in [0.15, 0.2) is 11.5 Å². The van der Waals surface area contributed by atoms with Crippen LogP contribution in [-0.4, -0.2) is 23.6 Å². The maximum Gasteiger partial charge on any atom is 0.215 e. The number of benzene rings is 1. The summed E-state index contributed by atoms with van der Waals surface area (Å²) in [6.07, 6.45) is 1.49. The Labute approximate surface area is 125 Å². The maximum absolute atomic E-state index is 13.3. The molecule has 0 bridgehead atoms. The highest BCUT2D eigenvalue weighted by atomic mass is 32.1. The van der Waals surface area contributed by atoms with Gasteiger partial charge in [-0.05, 0) is 30.6 Å². The number of methoxy groups -OCH3 is 2. The average molecular weight is 304 g/mol. The van der Waals surface area contributed by atoms with Gasteiger partial charge in [0.1, 0.15) is 0 Å². The summed E-state index contributed by atoms with van der Waals surface area (Å²) in [5, 5.41) is 0.936. The van der Waals surface area contributed by atoms with E-state index in [2.05, 4.69) is 9.36 Å². The maximum atomic E-state index is 13.3. The fourth-order valence-electron chi connectivity index (χ4n) is 2.16. The molecular formula is C15H13FN2O2S. The minimum Gasteiger partial charge on any atom is -0.493 e. The molecule has 0 aliphatic heterocycles. The van der Waals surface area contributed by atoms with Crippen LogP contribution in [0.25, 0.3) is 21.3 Å². The predicted octanol–water partition coefficient (Wildman–Crippen LogP) is 3.82. The van der Waals surface area contributed by atoms with E-state index in [1.165, 1.54) is 17.7 Å². The van der Waals surface area contributed by atoms with Crippen molar-refractivity contribution in [1.82, 2.24) is 9.36 Å². The standard InChI is InChI=1S/C15H13FN2O2S/c1-8-4-9(7-17-15(8)16)14-10-5-11(19-2)12(20-3)6-13(10)21-18-14/h4-7H,1-3H3. The molecule has 1 aromatic carbocycles. The lowest BCUT2D eigenvalue weighted by Crippen LogP contribution is -1.91. The van der Waals surface area contributed by atoms with Crippen molar-refractivity contribution >= 4 is 21.6 Å². The quantitative estimate of drug-likeness (QED) is 0.690. The Morgan fingerprint density at radius 3 is 2.48 bits per heavy atom. The highest BCUT2D eigenvalue weighted by Gasteiger charge is 2.14. The van der Waals surface area contributed by atoms with E-state index in [0.29, 0.717) is 17.1 Å². The summed E-state index contributed by atoms with van der Waals surface area (Å²) in [7, 11) is 3.19. The van der Waals surface area contributed by atoms with Crippen molar-refractivity contribution in [2.75, 3.05) is 14.2 Å². The van der Waals surface area contributed by atoms with Gasteiger partial charge < -0.3 is 9.47 Å². The molecule has 0 atom stereocenters. The number of hydrogen-bond acceptors (Lipinski definition) is 5. The van der Waals surface area contributed by atoms with Crippen molar-refractivity contribution in [2.45, 2.75) is 6.92 Å². The van der Waals surface area contributed by atoms with Crippen LogP contribution in [-0.2, 0) is 0 Å². The first-order valence-corrected chi connectivity index (χ1v) is 7.05. The third-order valence-electron chi connectivity index (χ3n) is 3.26. The van der Waals surface area contributed by atoms with Gasteiger partial charge in [0.25, 0.3) is 0 Å². The first kappa shape index (κ1) is 13.8. The third kappa shape index (κ3) is 2.31. The van der Waals surface area contributed by atoms with E-state index in [4.69, 9.17) is 9.47 Å². The summed E-state index contributed by atoms with van der Waals surface area (Å²) in [5.41, 5.74) is 2.05. The molecule has 0 unspecified atom stereocenters. The average Bonchev–Trinajstić information content (AvgIpc) is 2.91. The van der Waals surface area contributed by atoms with Crippen LogP contribution < -0.4 is 9.47 Å². The summed E-state index contributed by atoms with van der Waals surface area (Å²) >= 11 is 1.36. The largest absolute Gasteiger partial charge is 0.493 e. The van der Waals surface area contributed by atoms with Crippen LogP contribution in [0.4, 0.5) is 4.39 Å². The second-order valence-electron chi connectivity index (χ2n) is 4.57. The lowest BCUT2D eigenvalue weighted by atomic mass is 10.1. The first-order valence-electron chi connectivity index (χ1n) is 6.28. The molecule has 6 heteroatoms. The third-order valence-corrected chi connectivity index (χ3v) is 4.07. The smallest absolute Gasteiger partial charge is 0.215 e. The Bertz CT molecular complexity index is 817. The zero-order valence-electron chi connectivity index (χ0n) is 11.8. The number of ether oxygens (including phenoxy) is 2. The van der Waals surface area contributed by atoms with Crippen LogP contribution in [0.5, 0.6) is 11.5 Å². The zero-order chi connectivity index (χ0) is 15.0. The van der Waals surface area contributed by atoms with Gasteiger partial charge in [-0.15, -0.1) is 0 Å². The number of fused-ring (bicyclic) bond motifs is 1. The molecule has 108 valence electrons. The van der Waals surface area contributed by atoms with Gasteiger partial charge in [-0.25, -0.2) is 4.98 Å². The minimum absolute atomic E-state index is 0.461. The molecule has 21 heavy (non-hydrogen) atoms. The highest BCUT2D eigenvalue weighted by Crippen LogP contribution is 2.38. The fourth-order valence-corrected chi connectivity index (χ4v) is 2.97. The van der Waals surface area contributed by atoms with Gasteiger partial charge in [-0.3, -0.25) is 0 Å². The molecule has 2 heterocycles. The number of pyridine rings is 1. The van der Waals surface area contributed by atoms with Gasteiger partial charge in [-0.2, -0.15) is 8.76 Å². The van der Waals surface area contributed by atoms with Gasteiger partial charge in [0.2, 0.25) is 5.95 Å². The first-order chi connectivity index (χ1) is 10.1. The van der Waals surface area contributed by atoms with Crippen LogP contribution in [0.1, 0.15) is 5.56 Å². The molecule has 2 aromatic heterocycles. The SMILES string of the molecule is COc1cc2snc(-c3cnc(F)c(C)c3)c2cc1OC. The highest BCUT2D eigenvalue weighted by molar-refractivity contribution is 7.13. The number of hydrogen-bond donors (Lipinski definition) is 0. The van der Waals surface area contributed by atoms with E-state index >= 15 is 0 Å². The summed E-state index contributed by atoms with van der Waals surface area (Å²) < 4.78 is 29.3. The van der Waals surface area contributed by atoms with Gasteiger partial charge >= 0.3 is 0 Å². The van der Waals surface area contributed by atoms with E-state index in [9.17, 15) is 4.39 Å². The van der Waals surface area contributed by atoms with E-state index in [-0.39, 0.29) is 0 Å². The molecule has 0 saturated carbocycles. The Kier molecular flexibility index (Phi) is 3.47. The molecule has 3 rings (SSSR count). The molecule has 0 fully saturated rings. The van der Waals surface area contributed by atoms with Gasteiger partial charge in [-0.1, -0.05) is 0 Å². The monoisotopic (exact) mass is 304 g/mol. The number of aromatic nitrogens is 2. The summed E-state index contributed by atoms with van der Waals surface area (Å²) in [4.78, 5) is 3.76. The lowest BCUT2D eigenvalue weighted by Gasteiger charge is -2.07. The number of nitrogens with zero attached hydrogens (tertiary/aromatic N) is 2. The molecule has 0 amide bonds. The number of halogens is 1. The van der Waals surface area contributed by atoms with Crippen LogP contribution in [0.15, 0.2) is 24.4 Å². The van der Waals surface area contributed by atoms with Crippen LogP contribution >= 0.6 is 11.5 Å². The predicted molar refractivity (Wildman–Crippen MR) is 80.7 cm³/mol. The van der Waals surface area contributed by atoms with E-state index in [1.807, 2.05) is 12.1 Å². The Balaban J connectivity index is 2.21. The molecule has 0 saturated heterocycles. The van der Waals surface area contributed by atoms with Gasteiger partial charge in [0.05, 0.1) is 24.6 Å². The van der Waals surface area contributed by atoms with E-state index in [0.717, 1.165) is 21.3 Å². The van der Waals surface area contributed by atoms with Crippen LogP contribution in [0.3, 0.4) is 0 Å². The number of rotatable bonds is 3. The molecule has 0 spiro atoms. The fraction of sp³-hybridized carbons (Fsp3) is 0.200. The number of aryl methyl sites for hydroxylation is 1. The molecule has 3 aromatic rings. The molecule has 0 N–H and O–H groups in total. The normalized spacial score (nSPS) is 10.9. The van der Waals surface area contributed by atoms with E-state index in [1.54, 1.807) is 27.2 Å².